The second-order valence-corrected chi connectivity index (χ2v) is 5.93. The molecule has 0 bridgehead atoms. The number of aromatic nitrogens is 1. The van der Waals surface area contributed by atoms with E-state index < -0.39 is 5.97 Å². The van der Waals surface area contributed by atoms with Gasteiger partial charge < -0.3 is 9.67 Å². The monoisotopic (exact) mass is 265 g/mol. The predicted octanol–water partition coefficient (Wildman–Crippen LogP) is 2.75. The van der Waals surface area contributed by atoms with E-state index in [4.69, 9.17) is 5.11 Å². The van der Waals surface area contributed by atoms with Gasteiger partial charge in [0.1, 0.15) is 0 Å². The number of hydrogen-bond acceptors (Lipinski definition) is 2. The van der Waals surface area contributed by atoms with Gasteiger partial charge in [0, 0.05) is 36.5 Å². The molecule has 1 N–H and O–H groups in total. The third-order valence-electron chi connectivity index (χ3n) is 3.58. The summed E-state index contributed by atoms with van der Waals surface area (Å²) in [6, 6.07) is 3.27. The molecule has 0 aromatic carbocycles. The van der Waals surface area contributed by atoms with Crippen molar-refractivity contribution in [1.82, 2.24) is 4.57 Å². The van der Waals surface area contributed by atoms with Crippen molar-refractivity contribution in [2.45, 2.75) is 53.5 Å². The third kappa shape index (κ3) is 4.89. The number of nitrogens with zero attached hydrogens (tertiary/aromatic N) is 1. The highest BCUT2D eigenvalue weighted by molar-refractivity contribution is 5.66. The van der Waals surface area contributed by atoms with E-state index in [1.807, 2.05) is 13.8 Å². The van der Waals surface area contributed by atoms with E-state index in [1.54, 1.807) is 12.1 Å². The van der Waals surface area contributed by atoms with Crippen LogP contribution in [0.4, 0.5) is 0 Å². The molecule has 0 amide bonds. The van der Waals surface area contributed by atoms with E-state index >= 15 is 0 Å². The molecule has 0 saturated carbocycles. The second-order valence-electron chi connectivity index (χ2n) is 5.93. The summed E-state index contributed by atoms with van der Waals surface area (Å²) in [7, 11) is 0. The van der Waals surface area contributed by atoms with Gasteiger partial charge in [-0.2, -0.15) is 0 Å². The summed E-state index contributed by atoms with van der Waals surface area (Å²) in [5.41, 5.74) is 1.94. The molecule has 0 unspecified atom stereocenters. The van der Waals surface area contributed by atoms with Crippen LogP contribution in [0.3, 0.4) is 0 Å². The van der Waals surface area contributed by atoms with E-state index in [0.717, 1.165) is 24.4 Å². The standard InChI is InChI=1S/C15H23NO3/c1-11-9-13(17)10-12(2)16(11)8-7-15(3,4)6-5-14(18)19/h9-10H,5-8H2,1-4H3,(H,18,19). The van der Waals surface area contributed by atoms with Crippen LogP contribution in [0.5, 0.6) is 0 Å². The average Bonchev–Trinajstić information content (AvgIpc) is 2.25. The molecule has 1 heterocycles. The van der Waals surface area contributed by atoms with Gasteiger partial charge in [0.15, 0.2) is 5.43 Å². The number of rotatable bonds is 6. The van der Waals surface area contributed by atoms with Crippen molar-refractivity contribution >= 4 is 5.97 Å². The van der Waals surface area contributed by atoms with Crippen LogP contribution in [-0.2, 0) is 11.3 Å². The van der Waals surface area contributed by atoms with Crippen molar-refractivity contribution in [2.75, 3.05) is 0 Å². The lowest BCUT2D eigenvalue weighted by Gasteiger charge is -2.25. The lowest BCUT2D eigenvalue weighted by molar-refractivity contribution is -0.137. The van der Waals surface area contributed by atoms with E-state index in [1.165, 1.54) is 0 Å². The van der Waals surface area contributed by atoms with Crippen molar-refractivity contribution in [3.05, 3.63) is 33.7 Å². The summed E-state index contributed by atoms with van der Waals surface area (Å²) in [5, 5.41) is 8.74. The normalized spacial score (nSPS) is 11.6. The Hall–Kier alpha value is -1.58. The van der Waals surface area contributed by atoms with Gasteiger partial charge in [-0.15, -0.1) is 0 Å². The summed E-state index contributed by atoms with van der Waals surface area (Å²) < 4.78 is 2.11. The first-order valence-electron chi connectivity index (χ1n) is 6.61. The molecule has 19 heavy (non-hydrogen) atoms. The fourth-order valence-corrected chi connectivity index (χ4v) is 2.22. The fourth-order valence-electron chi connectivity index (χ4n) is 2.22. The quantitative estimate of drug-likeness (QED) is 0.860. The van der Waals surface area contributed by atoms with Gasteiger partial charge in [0.25, 0.3) is 0 Å². The Balaban J connectivity index is 2.71. The molecule has 106 valence electrons. The van der Waals surface area contributed by atoms with Gasteiger partial charge in [0.2, 0.25) is 0 Å². The molecule has 0 fully saturated rings. The smallest absolute Gasteiger partial charge is 0.303 e. The van der Waals surface area contributed by atoms with E-state index in [-0.39, 0.29) is 17.3 Å². The first-order chi connectivity index (χ1) is 8.71. The van der Waals surface area contributed by atoms with Crippen LogP contribution in [0.2, 0.25) is 0 Å². The molecule has 4 nitrogen and oxygen atoms in total. The molecule has 0 aliphatic heterocycles. The molecular weight excluding hydrogens is 242 g/mol. The maximum Gasteiger partial charge on any atom is 0.303 e. The number of aryl methyl sites for hydroxylation is 2. The van der Waals surface area contributed by atoms with Crippen molar-refractivity contribution in [1.29, 1.82) is 0 Å². The van der Waals surface area contributed by atoms with Crippen LogP contribution in [-0.4, -0.2) is 15.6 Å². The van der Waals surface area contributed by atoms with Crippen LogP contribution in [0.1, 0.15) is 44.5 Å². The Morgan fingerprint density at radius 2 is 1.74 bits per heavy atom. The van der Waals surface area contributed by atoms with Gasteiger partial charge in [-0.05, 0) is 32.1 Å². The van der Waals surface area contributed by atoms with Crippen molar-refractivity contribution in [2.24, 2.45) is 5.41 Å². The zero-order chi connectivity index (χ0) is 14.6. The summed E-state index contributed by atoms with van der Waals surface area (Å²) in [6.07, 6.45) is 1.76. The van der Waals surface area contributed by atoms with Crippen LogP contribution in [0.15, 0.2) is 16.9 Å². The lowest BCUT2D eigenvalue weighted by Crippen LogP contribution is -2.20. The fraction of sp³-hybridized carbons (Fsp3) is 0.600. The Bertz CT molecular complexity index is 488. The van der Waals surface area contributed by atoms with E-state index in [0.29, 0.717) is 6.42 Å². The molecule has 4 heteroatoms. The average molecular weight is 265 g/mol. The van der Waals surface area contributed by atoms with Gasteiger partial charge in [0.05, 0.1) is 0 Å². The molecule has 0 atom stereocenters. The summed E-state index contributed by atoms with van der Waals surface area (Å²) in [4.78, 5) is 22.0. The molecule has 1 aromatic rings. The number of carboxylic acids is 1. The van der Waals surface area contributed by atoms with Crippen LogP contribution in [0.25, 0.3) is 0 Å². The van der Waals surface area contributed by atoms with E-state index in [9.17, 15) is 9.59 Å². The van der Waals surface area contributed by atoms with Crippen molar-refractivity contribution < 1.29 is 9.90 Å². The second kappa shape index (κ2) is 6.04. The van der Waals surface area contributed by atoms with Crippen LogP contribution < -0.4 is 5.43 Å². The number of aliphatic carboxylic acids is 1. The van der Waals surface area contributed by atoms with Crippen molar-refractivity contribution in [3.63, 3.8) is 0 Å². The highest BCUT2D eigenvalue weighted by Crippen LogP contribution is 2.27. The summed E-state index contributed by atoms with van der Waals surface area (Å²) >= 11 is 0. The molecule has 1 aromatic heterocycles. The highest BCUT2D eigenvalue weighted by Gasteiger charge is 2.19. The highest BCUT2D eigenvalue weighted by atomic mass is 16.4. The molecule has 0 aliphatic carbocycles. The van der Waals surface area contributed by atoms with Gasteiger partial charge in [-0.25, -0.2) is 0 Å². The minimum Gasteiger partial charge on any atom is -0.481 e. The molecule has 1 rings (SSSR count). The Kier molecular flexibility index (Phi) is 4.92. The molecule has 0 radical (unpaired) electrons. The number of carboxylic acid groups (broad SMARTS) is 1. The largest absolute Gasteiger partial charge is 0.481 e. The van der Waals surface area contributed by atoms with Gasteiger partial charge in [-0.3, -0.25) is 9.59 Å². The number of carbonyl (C=O) groups is 1. The zero-order valence-corrected chi connectivity index (χ0v) is 12.2. The SMILES string of the molecule is Cc1cc(=O)cc(C)n1CCC(C)(C)CCC(=O)O. The minimum atomic E-state index is -0.746. The van der Waals surface area contributed by atoms with E-state index in [2.05, 4.69) is 18.4 Å². The summed E-state index contributed by atoms with van der Waals surface area (Å²) in [5.74, 6) is -0.746. The Morgan fingerprint density at radius 3 is 2.21 bits per heavy atom. The molecule has 0 spiro atoms. The zero-order valence-electron chi connectivity index (χ0n) is 12.2. The van der Waals surface area contributed by atoms with Crippen LogP contribution in [0, 0.1) is 19.3 Å². The maximum atomic E-state index is 11.4. The number of pyridine rings is 1. The van der Waals surface area contributed by atoms with Gasteiger partial charge >= 0.3 is 5.97 Å². The Labute approximate surface area is 114 Å². The maximum absolute atomic E-state index is 11.4. The Morgan fingerprint density at radius 1 is 1.21 bits per heavy atom. The molecule has 0 aliphatic rings. The lowest BCUT2D eigenvalue weighted by atomic mass is 9.84. The molecule has 0 saturated heterocycles. The van der Waals surface area contributed by atoms with Crippen LogP contribution >= 0.6 is 0 Å². The van der Waals surface area contributed by atoms with Crippen molar-refractivity contribution in [3.8, 4) is 0 Å². The molecular formula is C15H23NO3. The first-order valence-corrected chi connectivity index (χ1v) is 6.61. The first kappa shape index (κ1) is 15.5. The summed E-state index contributed by atoms with van der Waals surface area (Å²) in [6.45, 7) is 8.84. The topological polar surface area (TPSA) is 59.3 Å². The third-order valence-corrected chi connectivity index (χ3v) is 3.58. The minimum absolute atomic E-state index is 0.0135. The predicted molar refractivity (Wildman–Crippen MR) is 75.4 cm³/mol. The van der Waals surface area contributed by atoms with Gasteiger partial charge in [-0.1, -0.05) is 13.8 Å². The number of hydrogen-bond donors (Lipinski definition) is 1.